The molecule has 0 radical (unpaired) electrons. The lowest BCUT2D eigenvalue weighted by molar-refractivity contribution is -0.148. The first-order valence-electron chi connectivity index (χ1n) is 7.78. The summed E-state index contributed by atoms with van der Waals surface area (Å²) in [5.74, 6) is -0.747. The highest BCUT2D eigenvalue weighted by Crippen LogP contribution is 2.52. The van der Waals surface area contributed by atoms with Crippen molar-refractivity contribution in [3.05, 3.63) is 11.8 Å². The fourth-order valence-corrected chi connectivity index (χ4v) is 3.92. The second-order valence-corrected chi connectivity index (χ2v) is 7.54. The summed E-state index contributed by atoms with van der Waals surface area (Å²) in [6.07, 6.45) is 2.71. The first-order valence-corrected chi connectivity index (χ1v) is 7.78. The van der Waals surface area contributed by atoms with Gasteiger partial charge < -0.3 is 14.9 Å². The molecular weight excluding hydrogens is 284 g/mol. The van der Waals surface area contributed by atoms with E-state index in [0.29, 0.717) is 11.6 Å². The van der Waals surface area contributed by atoms with E-state index in [0.717, 1.165) is 19.3 Å². The third-order valence-electron chi connectivity index (χ3n) is 5.00. The van der Waals surface area contributed by atoms with Crippen LogP contribution < -0.4 is 5.32 Å². The normalized spacial score (nSPS) is 30.5. The van der Waals surface area contributed by atoms with Crippen LogP contribution in [0.5, 0.6) is 0 Å². The highest BCUT2D eigenvalue weighted by atomic mass is 16.5. The van der Waals surface area contributed by atoms with Gasteiger partial charge in [0, 0.05) is 11.5 Å². The van der Waals surface area contributed by atoms with Crippen LogP contribution in [-0.4, -0.2) is 22.1 Å². The highest BCUT2D eigenvalue weighted by Gasteiger charge is 2.54. The summed E-state index contributed by atoms with van der Waals surface area (Å²) in [4.78, 5) is 24.0. The van der Waals surface area contributed by atoms with Crippen LogP contribution in [0.1, 0.15) is 45.8 Å². The van der Waals surface area contributed by atoms with Crippen molar-refractivity contribution < 1.29 is 19.2 Å². The molecule has 6 nitrogen and oxygen atoms in total. The van der Waals surface area contributed by atoms with Crippen molar-refractivity contribution in [2.24, 2.45) is 23.7 Å². The number of nitrogens with zero attached hydrogens (tertiary/aromatic N) is 1. The molecule has 1 amide bonds. The molecule has 4 atom stereocenters. The van der Waals surface area contributed by atoms with Gasteiger partial charge in [0.2, 0.25) is 5.91 Å². The molecule has 22 heavy (non-hydrogen) atoms. The number of carbonyl (C=O) groups excluding carboxylic acids is 1. The summed E-state index contributed by atoms with van der Waals surface area (Å²) < 4.78 is 5.25. The molecule has 2 fully saturated rings. The summed E-state index contributed by atoms with van der Waals surface area (Å²) >= 11 is 0. The number of carboxylic acids is 1. The fourth-order valence-electron chi connectivity index (χ4n) is 3.92. The molecule has 2 N–H and O–H groups in total. The Morgan fingerprint density at radius 1 is 1.27 bits per heavy atom. The first-order chi connectivity index (χ1) is 10.3. The SMILES string of the molecule is CC(C)(C)c1cc(NC(=O)[C@H]2[C@H]3CC[C@@H](C3)[C@H]2C(=O)O)no1. The van der Waals surface area contributed by atoms with Crippen molar-refractivity contribution in [1.82, 2.24) is 5.16 Å². The number of anilines is 1. The molecule has 2 aliphatic rings. The van der Waals surface area contributed by atoms with Crippen molar-refractivity contribution in [3.63, 3.8) is 0 Å². The van der Waals surface area contributed by atoms with Crippen molar-refractivity contribution in [3.8, 4) is 0 Å². The van der Waals surface area contributed by atoms with Gasteiger partial charge in [0.25, 0.3) is 0 Å². The van der Waals surface area contributed by atoms with Crippen LogP contribution in [0, 0.1) is 23.7 Å². The average molecular weight is 306 g/mol. The van der Waals surface area contributed by atoms with Gasteiger partial charge >= 0.3 is 5.97 Å². The van der Waals surface area contributed by atoms with Crippen molar-refractivity contribution in [1.29, 1.82) is 0 Å². The van der Waals surface area contributed by atoms with Crippen molar-refractivity contribution >= 4 is 17.7 Å². The largest absolute Gasteiger partial charge is 0.481 e. The Balaban J connectivity index is 1.74. The van der Waals surface area contributed by atoms with Gasteiger partial charge in [-0.05, 0) is 31.1 Å². The molecule has 1 aromatic rings. The predicted octanol–water partition coefficient (Wildman–Crippen LogP) is 2.66. The van der Waals surface area contributed by atoms with Crippen LogP contribution in [0.25, 0.3) is 0 Å². The van der Waals surface area contributed by atoms with E-state index in [1.165, 1.54) is 0 Å². The van der Waals surface area contributed by atoms with Crippen molar-refractivity contribution in [2.75, 3.05) is 5.32 Å². The maximum Gasteiger partial charge on any atom is 0.307 e. The van der Waals surface area contributed by atoms with Gasteiger partial charge in [0.1, 0.15) is 5.76 Å². The molecule has 120 valence electrons. The molecule has 1 heterocycles. The first kappa shape index (κ1) is 15.1. The predicted molar refractivity (Wildman–Crippen MR) is 79.3 cm³/mol. The van der Waals surface area contributed by atoms with E-state index >= 15 is 0 Å². The van der Waals surface area contributed by atoms with E-state index in [1.807, 2.05) is 20.8 Å². The maximum absolute atomic E-state index is 12.5. The molecule has 3 rings (SSSR count). The Bertz CT molecular complexity index is 602. The topological polar surface area (TPSA) is 92.4 Å². The molecule has 0 saturated heterocycles. The summed E-state index contributed by atoms with van der Waals surface area (Å²) in [6, 6.07) is 1.71. The summed E-state index contributed by atoms with van der Waals surface area (Å²) in [5.41, 5.74) is -0.188. The van der Waals surface area contributed by atoms with Crippen LogP contribution >= 0.6 is 0 Å². The number of nitrogens with one attached hydrogen (secondary N) is 1. The Labute approximate surface area is 129 Å². The molecule has 2 bridgehead atoms. The second kappa shape index (κ2) is 5.11. The number of carbonyl (C=O) groups is 2. The number of aliphatic carboxylic acids is 1. The van der Waals surface area contributed by atoms with Gasteiger partial charge in [-0.3, -0.25) is 9.59 Å². The maximum atomic E-state index is 12.5. The number of amides is 1. The zero-order valence-corrected chi connectivity index (χ0v) is 13.1. The van der Waals surface area contributed by atoms with Gasteiger partial charge in [0.05, 0.1) is 11.8 Å². The molecule has 6 heteroatoms. The molecule has 1 aromatic heterocycles. The van der Waals surface area contributed by atoms with Gasteiger partial charge in [-0.1, -0.05) is 25.9 Å². The zero-order valence-electron chi connectivity index (χ0n) is 13.1. The molecule has 0 unspecified atom stereocenters. The van der Waals surface area contributed by atoms with E-state index in [-0.39, 0.29) is 23.2 Å². The Morgan fingerprint density at radius 3 is 2.45 bits per heavy atom. The average Bonchev–Trinajstić information content (AvgIpc) is 3.11. The highest BCUT2D eigenvalue weighted by molar-refractivity contribution is 5.95. The Hall–Kier alpha value is -1.85. The molecule has 0 aliphatic heterocycles. The van der Waals surface area contributed by atoms with Crippen LogP contribution in [0.3, 0.4) is 0 Å². The number of hydrogen-bond acceptors (Lipinski definition) is 4. The summed E-state index contributed by atoms with van der Waals surface area (Å²) in [5, 5.41) is 16.0. The Morgan fingerprint density at radius 2 is 1.91 bits per heavy atom. The van der Waals surface area contributed by atoms with E-state index in [1.54, 1.807) is 6.07 Å². The smallest absolute Gasteiger partial charge is 0.307 e. The summed E-state index contributed by atoms with van der Waals surface area (Å²) in [7, 11) is 0. The number of fused-ring (bicyclic) bond motifs is 2. The zero-order chi connectivity index (χ0) is 16.1. The van der Waals surface area contributed by atoms with E-state index < -0.39 is 17.8 Å². The molecule has 2 saturated carbocycles. The fraction of sp³-hybridized carbons (Fsp3) is 0.688. The van der Waals surface area contributed by atoms with Crippen LogP contribution in [0.2, 0.25) is 0 Å². The van der Waals surface area contributed by atoms with Crippen LogP contribution in [-0.2, 0) is 15.0 Å². The third-order valence-corrected chi connectivity index (χ3v) is 5.00. The van der Waals surface area contributed by atoms with E-state index in [2.05, 4.69) is 10.5 Å². The third kappa shape index (κ3) is 2.51. The minimum Gasteiger partial charge on any atom is -0.481 e. The van der Waals surface area contributed by atoms with Gasteiger partial charge in [-0.2, -0.15) is 0 Å². The van der Waals surface area contributed by atoms with E-state index in [4.69, 9.17) is 4.52 Å². The number of carboxylic acid groups (broad SMARTS) is 1. The molecular formula is C16H22N2O4. The number of hydrogen-bond donors (Lipinski definition) is 2. The van der Waals surface area contributed by atoms with Gasteiger partial charge in [0.15, 0.2) is 5.82 Å². The standard InChI is InChI=1S/C16H22N2O4/c1-16(2,3)10-7-11(18-22-10)17-14(19)12-8-4-5-9(6-8)13(12)15(20)21/h7-9,12-13H,4-6H2,1-3H3,(H,20,21)(H,17,18,19)/t8-,9-,12-,13+/m0/s1. The lowest BCUT2D eigenvalue weighted by atomic mass is 9.79. The number of rotatable bonds is 3. The quantitative estimate of drug-likeness (QED) is 0.895. The van der Waals surface area contributed by atoms with Crippen molar-refractivity contribution in [2.45, 2.75) is 45.4 Å². The molecule has 0 aromatic carbocycles. The van der Waals surface area contributed by atoms with Gasteiger partial charge in [-0.15, -0.1) is 0 Å². The minimum atomic E-state index is -0.858. The minimum absolute atomic E-state index is 0.140. The molecule has 2 aliphatic carbocycles. The number of aromatic nitrogens is 1. The monoisotopic (exact) mass is 306 g/mol. The lowest BCUT2D eigenvalue weighted by Gasteiger charge is -2.26. The van der Waals surface area contributed by atoms with E-state index in [9.17, 15) is 14.7 Å². The summed E-state index contributed by atoms with van der Waals surface area (Å²) in [6.45, 7) is 5.99. The lowest BCUT2D eigenvalue weighted by Crippen LogP contribution is -2.37. The van der Waals surface area contributed by atoms with Crippen LogP contribution in [0.15, 0.2) is 10.6 Å². The van der Waals surface area contributed by atoms with Crippen LogP contribution in [0.4, 0.5) is 5.82 Å². The molecule has 0 spiro atoms. The van der Waals surface area contributed by atoms with Gasteiger partial charge in [-0.25, -0.2) is 0 Å². The Kier molecular flexibility index (Phi) is 3.50. The second-order valence-electron chi connectivity index (χ2n) is 7.54.